The second kappa shape index (κ2) is 8.08. The molecule has 0 aromatic heterocycles. The van der Waals surface area contributed by atoms with E-state index in [1.165, 1.54) is 6.92 Å². The zero-order chi connectivity index (χ0) is 13.2. The third-order valence-corrected chi connectivity index (χ3v) is 2.24. The highest BCUT2D eigenvalue weighted by molar-refractivity contribution is 6.08. The molecule has 3 heteroatoms. The lowest BCUT2D eigenvalue weighted by molar-refractivity contribution is -0.141. The number of Topliss-reactive ketones (excluding diaryl/α,β-unsaturated/α-hetero) is 1. The molecule has 0 saturated heterocycles. The van der Waals surface area contributed by atoms with Gasteiger partial charge in [0, 0.05) is 18.9 Å². The Balaban J connectivity index is 2.22. The third kappa shape index (κ3) is 5.86. The van der Waals surface area contributed by atoms with Crippen LogP contribution in [0.25, 0.3) is 0 Å². The summed E-state index contributed by atoms with van der Waals surface area (Å²) < 4.78 is 4.78. The fourth-order valence-electron chi connectivity index (χ4n) is 1.34. The highest BCUT2D eigenvalue weighted by Crippen LogP contribution is 1.99. The summed E-state index contributed by atoms with van der Waals surface area (Å²) in [5, 5.41) is 0. The lowest BCUT2D eigenvalue weighted by Crippen LogP contribution is -1.99. The molecule has 0 atom stereocenters. The molecule has 3 nitrogen and oxygen atoms in total. The number of esters is 1. The molecule has 0 N–H and O–H groups in total. The number of benzene rings is 1. The lowest BCUT2D eigenvalue weighted by Gasteiger charge is -1.98. The molecule has 0 saturated carbocycles. The van der Waals surface area contributed by atoms with Gasteiger partial charge in [0.2, 0.25) is 5.78 Å². The second-order valence-corrected chi connectivity index (χ2v) is 3.79. The maximum atomic E-state index is 11.6. The summed E-state index contributed by atoms with van der Waals surface area (Å²) >= 11 is 0. The molecule has 1 rings (SSSR count). The van der Waals surface area contributed by atoms with Crippen molar-refractivity contribution in [2.45, 2.75) is 26.2 Å². The Kier molecular flexibility index (Phi) is 6.27. The van der Waals surface area contributed by atoms with Gasteiger partial charge in [-0.25, -0.2) is 0 Å². The normalized spacial score (nSPS) is 9.17. The second-order valence-electron chi connectivity index (χ2n) is 3.79. The minimum atomic E-state index is -0.264. The first kappa shape index (κ1) is 14.0. The molecule has 0 aliphatic heterocycles. The van der Waals surface area contributed by atoms with Gasteiger partial charge in [-0.1, -0.05) is 36.3 Å². The molecular weight excluding hydrogens is 228 g/mol. The van der Waals surface area contributed by atoms with E-state index in [9.17, 15) is 9.59 Å². The van der Waals surface area contributed by atoms with Crippen molar-refractivity contribution in [1.82, 2.24) is 0 Å². The van der Waals surface area contributed by atoms with E-state index in [-0.39, 0.29) is 11.8 Å². The molecule has 0 heterocycles. The van der Waals surface area contributed by atoms with Gasteiger partial charge in [0.1, 0.15) is 0 Å². The number of ketones is 1. The van der Waals surface area contributed by atoms with Gasteiger partial charge < -0.3 is 4.74 Å². The van der Waals surface area contributed by atoms with Crippen molar-refractivity contribution in [3.8, 4) is 11.8 Å². The quantitative estimate of drug-likeness (QED) is 0.263. The Labute approximate surface area is 107 Å². The first-order chi connectivity index (χ1) is 8.70. The summed E-state index contributed by atoms with van der Waals surface area (Å²) in [6.45, 7) is 1.81. The van der Waals surface area contributed by atoms with Crippen LogP contribution in [0.15, 0.2) is 30.3 Å². The van der Waals surface area contributed by atoms with Gasteiger partial charge in [0.25, 0.3) is 0 Å². The first-order valence-corrected chi connectivity index (χ1v) is 5.92. The summed E-state index contributed by atoms with van der Waals surface area (Å²) in [5.41, 5.74) is 0.616. The minimum Gasteiger partial charge on any atom is -0.466 e. The van der Waals surface area contributed by atoms with E-state index in [0.29, 0.717) is 18.6 Å². The van der Waals surface area contributed by atoms with Crippen LogP contribution in [-0.4, -0.2) is 18.4 Å². The minimum absolute atomic E-state index is 0.157. The van der Waals surface area contributed by atoms with E-state index in [2.05, 4.69) is 11.8 Å². The third-order valence-electron chi connectivity index (χ3n) is 2.24. The van der Waals surface area contributed by atoms with Crippen LogP contribution in [0.2, 0.25) is 0 Å². The van der Waals surface area contributed by atoms with Crippen LogP contribution in [0.3, 0.4) is 0 Å². The van der Waals surface area contributed by atoms with Gasteiger partial charge in [-0.15, -0.1) is 0 Å². The Morgan fingerprint density at radius 2 is 1.89 bits per heavy atom. The maximum Gasteiger partial charge on any atom is 0.302 e. The van der Waals surface area contributed by atoms with E-state index in [0.717, 1.165) is 12.8 Å². The van der Waals surface area contributed by atoms with Crippen LogP contribution < -0.4 is 0 Å². The summed E-state index contributed by atoms with van der Waals surface area (Å²) in [7, 11) is 0. The van der Waals surface area contributed by atoms with Crippen LogP contribution in [0, 0.1) is 11.8 Å². The lowest BCUT2D eigenvalue weighted by atomic mass is 10.1. The zero-order valence-electron chi connectivity index (χ0n) is 10.4. The van der Waals surface area contributed by atoms with Gasteiger partial charge in [0.05, 0.1) is 6.61 Å². The van der Waals surface area contributed by atoms with Gasteiger partial charge >= 0.3 is 5.97 Å². The van der Waals surface area contributed by atoms with E-state index in [1.54, 1.807) is 12.1 Å². The zero-order valence-corrected chi connectivity index (χ0v) is 10.4. The number of unbranched alkanes of at least 4 members (excludes halogenated alkanes) is 2. The number of ether oxygens (including phenoxy) is 1. The van der Waals surface area contributed by atoms with Crippen molar-refractivity contribution < 1.29 is 14.3 Å². The molecule has 1 aromatic carbocycles. The predicted molar refractivity (Wildman–Crippen MR) is 69.0 cm³/mol. The van der Waals surface area contributed by atoms with Crippen molar-refractivity contribution in [3.05, 3.63) is 35.9 Å². The van der Waals surface area contributed by atoms with E-state index < -0.39 is 0 Å². The molecule has 0 amide bonds. The number of carbonyl (C=O) groups is 2. The Morgan fingerprint density at radius 1 is 1.17 bits per heavy atom. The van der Waals surface area contributed by atoms with E-state index in [1.807, 2.05) is 18.2 Å². The van der Waals surface area contributed by atoms with Crippen LogP contribution in [-0.2, 0) is 9.53 Å². The fraction of sp³-hybridized carbons (Fsp3) is 0.333. The van der Waals surface area contributed by atoms with Crippen molar-refractivity contribution >= 4 is 11.8 Å². The topological polar surface area (TPSA) is 43.4 Å². The van der Waals surface area contributed by atoms with Gasteiger partial charge in [-0.2, -0.15) is 0 Å². The van der Waals surface area contributed by atoms with Crippen molar-refractivity contribution in [3.63, 3.8) is 0 Å². The van der Waals surface area contributed by atoms with E-state index >= 15 is 0 Å². The van der Waals surface area contributed by atoms with Crippen LogP contribution in [0.5, 0.6) is 0 Å². The van der Waals surface area contributed by atoms with Crippen molar-refractivity contribution in [2.24, 2.45) is 0 Å². The van der Waals surface area contributed by atoms with Crippen LogP contribution in [0.1, 0.15) is 36.5 Å². The molecular formula is C15H16O3. The van der Waals surface area contributed by atoms with Crippen molar-refractivity contribution in [1.29, 1.82) is 0 Å². The molecule has 1 aromatic rings. The van der Waals surface area contributed by atoms with Crippen LogP contribution in [0.4, 0.5) is 0 Å². The predicted octanol–water partition coefficient (Wildman–Crippen LogP) is 2.61. The molecule has 0 unspecified atom stereocenters. The number of hydrogen-bond donors (Lipinski definition) is 0. The molecule has 0 spiro atoms. The Bertz CT molecular complexity index is 452. The summed E-state index contributed by atoms with van der Waals surface area (Å²) in [5.74, 6) is 5.01. The average Bonchev–Trinajstić information content (AvgIpc) is 2.38. The SMILES string of the molecule is CC(=O)OCCCCC#CC(=O)c1ccccc1. The van der Waals surface area contributed by atoms with Crippen LogP contribution >= 0.6 is 0 Å². The molecule has 18 heavy (non-hydrogen) atoms. The van der Waals surface area contributed by atoms with E-state index in [4.69, 9.17) is 4.74 Å². The summed E-state index contributed by atoms with van der Waals surface area (Å²) in [6.07, 6.45) is 2.23. The van der Waals surface area contributed by atoms with Gasteiger partial charge in [-0.3, -0.25) is 9.59 Å². The molecule has 0 bridgehead atoms. The molecule has 94 valence electrons. The largest absolute Gasteiger partial charge is 0.466 e. The van der Waals surface area contributed by atoms with Gasteiger partial charge in [-0.05, 0) is 18.8 Å². The van der Waals surface area contributed by atoms with Crippen molar-refractivity contribution in [2.75, 3.05) is 6.61 Å². The standard InChI is InChI=1S/C15H16O3/c1-13(16)18-12-8-3-2-7-11-15(17)14-9-5-4-6-10-14/h4-6,9-10H,2-3,8,12H2,1H3. The Hall–Kier alpha value is -2.08. The highest BCUT2D eigenvalue weighted by atomic mass is 16.5. The maximum absolute atomic E-state index is 11.6. The number of hydrogen-bond acceptors (Lipinski definition) is 3. The summed E-state index contributed by atoms with van der Waals surface area (Å²) in [6, 6.07) is 8.98. The van der Waals surface area contributed by atoms with Gasteiger partial charge in [0.15, 0.2) is 0 Å². The smallest absolute Gasteiger partial charge is 0.302 e. The Morgan fingerprint density at radius 3 is 2.56 bits per heavy atom. The molecule has 0 radical (unpaired) electrons. The first-order valence-electron chi connectivity index (χ1n) is 5.92. The number of rotatable bonds is 5. The highest BCUT2D eigenvalue weighted by Gasteiger charge is 1.98. The fourth-order valence-corrected chi connectivity index (χ4v) is 1.34. The summed E-state index contributed by atoms with van der Waals surface area (Å²) in [4.78, 5) is 22.1. The monoisotopic (exact) mass is 244 g/mol. The molecule has 0 aliphatic carbocycles. The molecule has 0 fully saturated rings. The number of carbonyl (C=O) groups excluding carboxylic acids is 2. The molecule has 0 aliphatic rings. The average molecular weight is 244 g/mol.